The fraction of sp³-hybridized carbons (Fsp3) is 0.0769. The number of benzene rings is 3. The third-order valence-corrected chi connectivity index (χ3v) is 7.10. The van der Waals surface area contributed by atoms with Crippen LogP contribution in [-0.2, 0) is 4.74 Å². The number of halogens is 2. The lowest BCUT2D eigenvalue weighted by atomic mass is 9.81. The summed E-state index contributed by atoms with van der Waals surface area (Å²) in [6, 6.07) is 21.8. The first-order valence-electron chi connectivity index (χ1n) is 10.5. The summed E-state index contributed by atoms with van der Waals surface area (Å²) >= 11 is 6.84. The van der Waals surface area contributed by atoms with Crippen molar-refractivity contribution in [2.45, 2.75) is 12.0 Å². The molecule has 1 aromatic heterocycles. The average molecular weight is 581 g/mol. The molecule has 0 saturated carbocycles. The Hall–Kier alpha value is -3.36. The highest BCUT2D eigenvalue weighted by molar-refractivity contribution is 9.10. The van der Waals surface area contributed by atoms with E-state index in [2.05, 4.69) is 31.9 Å². The molecule has 0 radical (unpaired) electrons. The van der Waals surface area contributed by atoms with Crippen molar-refractivity contribution in [3.63, 3.8) is 0 Å². The lowest BCUT2D eigenvalue weighted by Gasteiger charge is -2.28. The van der Waals surface area contributed by atoms with Gasteiger partial charge in [0, 0.05) is 26.1 Å². The molecule has 8 heteroatoms. The highest BCUT2D eigenvalue weighted by Crippen LogP contribution is 2.51. The molecule has 0 bridgehead atoms. The highest BCUT2D eigenvalue weighted by Gasteiger charge is 2.43. The van der Waals surface area contributed by atoms with Crippen LogP contribution < -0.4 is 16.1 Å². The molecule has 3 aromatic carbocycles. The predicted molar refractivity (Wildman–Crippen MR) is 133 cm³/mol. The Bertz CT molecular complexity index is 1590. The van der Waals surface area contributed by atoms with Crippen LogP contribution >= 0.6 is 31.9 Å². The Labute approximate surface area is 210 Å². The molecule has 0 spiro atoms. The summed E-state index contributed by atoms with van der Waals surface area (Å²) in [7, 11) is 0. The molecule has 0 saturated heterocycles. The summed E-state index contributed by atoms with van der Waals surface area (Å²) in [5.74, 6) is -0.0798. The molecule has 1 aliphatic heterocycles. The summed E-state index contributed by atoms with van der Waals surface area (Å²) in [5, 5.41) is 0. The van der Waals surface area contributed by atoms with E-state index in [1.165, 1.54) is 0 Å². The average Bonchev–Trinajstić information content (AvgIpc) is 3.25. The Morgan fingerprint density at radius 1 is 0.882 bits per heavy atom. The summed E-state index contributed by atoms with van der Waals surface area (Å²) in [6.07, 6.45) is 1.29. The van der Waals surface area contributed by atoms with Crippen molar-refractivity contribution < 1.29 is 13.9 Å². The van der Waals surface area contributed by atoms with Gasteiger partial charge in [0.2, 0.25) is 0 Å². The van der Waals surface area contributed by atoms with E-state index in [4.69, 9.17) is 13.9 Å². The third kappa shape index (κ3) is 3.36. The van der Waals surface area contributed by atoms with E-state index in [1.54, 1.807) is 24.3 Å². The van der Waals surface area contributed by atoms with Gasteiger partial charge >= 0.3 is 5.76 Å². The number of aromatic nitrogens is 1. The quantitative estimate of drug-likeness (QED) is 0.294. The van der Waals surface area contributed by atoms with Gasteiger partial charge in [0.25, 0.3) is 11.5 Å². The van der Waals surface area contributed by atoms with Crippen LogP contribution in [0, 0.1) is 0 Å². The van der Waals surface area contributed by atoms with Gasteiger partial charge in [-0.25, -0.2) is 9.36 Å². The largest absolute Gasteiger partial charge is 0.456 e. The van der Waals surface area contributed by atoms with Gasteiger partial charge in [0.15, 0.2) is 0 Å². The van der Waals surface area contributed by atoms with Gasteiger partial charge in [-0.1, -0.05) is 52.3 Å². The van der Waals surface area contributed by atoms with Crippen molar-refractivity contribution in [2.24, 2.45) is 0 Å². The van der Waals surface area contributed by atoms with E-state index in [0.29, 0.717) is 27.0 Å². The number of nitrogens with zero attached hydrogens (tertiary/aromatic N) is 1. The monoisotopic (exact) mass is 579 g/mol. The lowest BCUT2D eigenvalue weighted by Crippen LogP contribution is -2.37. The van der Waals surface area contributed by atoms with Crippen LogP contribution in [0.2, 0.25) is 0 Å². The minimum absolute atomic E-state index is 0.264. The van der Waals surface area contributed by atoms with Crippen LogP contribution in [0.25, 0.3) is 17.0 Å². The summed E-state index contributed by atoms with van der Waals surface area (Å²) in [5.41, 5.74) is 1.80. The molecular weight excluding hydrogens is 566 g/mol. The molecule has 0 fully saturated rings. The predicted octanol–water partition coefficient (Wildman–Crippen LogP) is 6.07. The molecule has 1 aliphatic carbocycles. The second-order valence-corrected chi connectivity index (χ2v) is 9.67. The normalized spacial score (nSPS) is 17.8. The van der Waals surface area contributed by atoms with Gasteiger partial charge in [0.1, 0.15) is 17.6 Å². The SMILES string of the molecule is O=c1oc2c(c(=O)n1-c1ccccc1Br)C1C=C(Oc3ccc(Br)cc3)OC1c1ccccc1-2. The van der Waals surface area contributed by atoms with Crippen LogP contribution in [-0.4, -0.2) is 4.57 Å². The smallest absolute Gasteiger partial charge is 0.427 e. The first-order chi connectivity index (χ1) is 16.5. The molecule has 0 amide bonds. The lowest BCUT2D eigenvalue weighted by molar-refractivity contribution is 0.0599. The van der Waals surface area contributed by atoms with Crippen molar-refractivity contribution in [3.8, 4) is 22.8 Å². The first-order valence-corrected chi connectivity index (χ1v) is 12.1. The van der Waals surface area contributed by atoms with Crippen LogP contribution in [0.3, 0.4) is 0 Å². The maximum absolute atomic E-state index is 13.8. The first kappa shape index (κ1) is 21.2. The molecule has 2 unspecified atom stereocenters. The van der Waals surface area contributed by atoms with Gasteiger partial charge < -0.3 is 13.9 Å². The molecule has 34 heavy (non-hydrogen) atoms. The third-order valence-electron chi connectivity index (χ3n) is 5.91. The second kappa shape index (κ2) is 8.14. The fourth-order valence-electron chi connectivity index (χ4n) is 4.42. The number of hydrogen-bond acceptors (Lipinski definition) is 5. The second-order valence-electron chi connectivity index (χ2n) is 7.90. The van der Waals surface area contributed by atoms with Gasteiger partial charge in [-0.2, -0.15) is 0 Å². The van der Waals surface area contributed by atoms with Crippen LogP contribution in [0.5, 0.6) is 5.75 Å². The van der Waals surface area contributed by atoms with Crippen LogP contribution in [0.1, 0.15) is 23.1 Å². The summed E-state index contributed by atoms with van der Waals surface area (Å²) in [6.45, 7) is 0. The standard InChI is InChI=1S/C26H15Br2NO5/c27-14-9-11-15(12-10-14)32-21-13-18-22-24(17-6-2-1-5-16(17)23(18)33-21)34-26(31)29(25(22)30)20-8-4-3-7-19(20)28/h1-13,18,23H. The molecule has 4 aromatic rings. The molecule has 6 nitrogen and oxygen atoms in total. The Morgan fingerprint density at radius 2 is 1.62 bits per heavy atom. The maximum atomic E-state index is 13.8. The zero-order chi connectivity index (χ0) is 23.4. The van der Waals surface area contributed by atoms with E-state index in [0.717, 1.165) is 14.6 Å². The Kier molecular flexibility index (Phi) is 5.08. The molecule has 6 rings (SSSR count). The number of fused-ring (bicyclic) bond motifs is 6. The van der Waals surface area contributed by atoms with Crippen molar-refractivity contribution in [1.82, 2.24) is 4.57 Å². The molecule has 2 heterocycles. The van der Waals surface area contributed by atoms with Gasteiger partial charge in [-0.05, 0) is 52.3 Å². The zero-order valence-electron chi connectivity index (χ0n) is 17.4. The number of para-hydroxylation sites is 1. The molecular formula is C26H15Br2NO5. The highest BCUT2D eigenvalue weighted by atomic mass is 79.9. The van der Waals surface area contributed by atoms with Crippen molar-refractivity contribution >= 4 is 31.9 Å². The number of rotatable bonds is 3. The van der Waals surface area contributed by atoms with E-state index in [1.807, 2.05) is 54.6 Å². The van der Waals surface area contributed by atoms with Crippen LogP contribution in [0.15, 0.2) is 108 Å². The van der Waals surface area contributed by atoms with Crippen molar-refractivity contribution in [3.05, 3.63) is 126 Å². The number of hydrogen-bond donors (Lipinski definition) is 0. The van der Waals surface area contributed by atoms with Crippen molar-refractivity contribution in [1.29, 1.82) is 0 Å². The fourth-order valence-corrected chi connectivity index (χ4v) is 5.14. The summed E-state index contributed by atoms with van der Waals surface area (Å²) in [4.78, 5) is 26.8. The van der Waals surface area contributed by atoms with Gasteiger partial charge in [-0.15, -0.1) is 0 Å². The number of ether oxygens (including phenoxy) is 2. The Balaban J connectivity index is 1.54. The van der Waals surface area contributed by atoms with E-state index in [9.17, 15) is 9.59 Å². The van der Waals surface area contributed by atoms with E-state index in [-0.39, 0.29) is 11.7 Å². The molecule has 168 valence electrons. The maximum Gasteiger partial charge on any atom is 0.427 e. The summed E-state index contributed by atoms with van der Waals surface area (Å²) < 4.78 is 20.5. The molecule has 2 atom stereocenters. The molecule has 0 N–H and O–H groups in total. The Morgan fingerprint density at radius 3 is 2.41 bits per heavy atom. The van der Waals surface area contributed by atoms with E-state index >= 15 is 0 Å². The van der Waals surface area contributed by atoms with E-state index < -0.39 is 23.3 Å². The zero-order valence-corrected chi connectivity index (χ0v) is 20.6. The molecule has 2 aliphatic rings. The van der Waals surface area contributed by atoms with Gasteiger partial charge in [0.05, 0.1) is 17.2 Å². The minimum Gasteiger partial charge on any atom is -0.456 e. The van der Waals surface area contributed by atoms with Crippen molar-refractivity contribution in [2.75, 3.05) is 0 Å². The minimum atomic E-state index is -0.752. The van der Waals surface area contributed by atoms with Crippen LogP contribution in [0.4, 0.5) is 0 Å². The topological polar surface area (TPSA) is 70.7 Å². The van der Waals surface area contributed by atoms with Gasteiger partial charge in [-0.3, -0.25) is 4.79 Å².